The molecule has 1 fully saturated rings. The van der Waals surface area contributed by atoms with Gasteiger partial charge in [0.2, 0.25) is 0 Å². The molecule has 0 N–H and O–H groups in total. The lowest BCUT2D eigenvalue weighted by molar-refractivity contribution is -0.312. The summed E-state index contributed by atoms with van der Waals surface area (Å²) in [5, 5.41) is 10.2. The maximum atomic E-state index is 10.6. The van der Waals surface area contributed by atoms with Crippen molar-refractivity contribution < 1.29 is 19.4 Å². The van der Waals surface area contributed by atoms with Crippen molar-refractivity contribution >= 4 is 11.9 Å². The Morgan fingerprint density at radius 3 is 2.60 bits per heavy atom. The van der Waals surface area contributed by atoms with Crippen molar-refractivity contribution in [3.8, 4) is 0 Å². The Hall–Kier alpha value is -1.06. The van der Waals surface area contributed by atoms with Gasteiger partial charge in [-0.15, -0.1) is 0 Å². The highest BCUT2D eigenvalue weighted by atomic mass is 16.5. The van der Waals surface area contributed by atoms with Crippen LogP contribution < -0.4 is 5.11 Å². The number of ether oxygens (including phenoxy) is 1. The van der Waals surface area contributed by atoms with E-state index >= 15 is 0 Å². The molecule has 0 saturated carbocycles. The van der Waals surface area contributed by atoms with Crippen LogP contribution in [0.4, 0.5) is 0 Å². The summed E-state index contributed by atoms with van der Waals surface area (Å²) in [6.07, 6.45) is 0. The molecule has 1 saturated heterocycles. The lowest BCUT2D eigenvalue weighted by atomic mass is 9.98. The van der Waals surface area contributed by atoms with Crippen molar-refractivity contribution in [2.45, 2.75) is 6.92 Å². The number of cyclic esters (lactones) is 1. The highest BCUT2D eigenvalue weighted by Crippen LogP contribution is 2.20. The smallest absolute Gasteiger partial charge is 0.309 e. The molecule has 1 rings (SSSR count). The van der Waals surface area contributed by atoms with Crippen LogP contribution in [0.2, 0.25) is 0 Å². The number of aliphatic carboxylic acids is 1. The Labute approximate surface area is 57.8 Å². The van der Waals surface area contributed by atoms with Crippen LogP contribution in [0.15, 0.2) is 0 Å². The topological polar surface area (TPSA) is 66.4 Å². The van der Waals surface area contributed by atoms with E-state index in [0.29, 0.717) is 0 Å². The van der Waals surface area contributed by atoms with Crippen LogP contribution in [0.5, 0.6) is 0 Å². The molecule has 0 spiro atoms. The van der Waals surface area contributed by atoms with Crippen LogP contribution in [-0.4, -0.2) is 18.5 Å². The van der Waals surface area contributed by atoms with Crippen molar-refractivity contribution in [3.63, 3.8) is 0 Å². The molecule has 4 heteroatoms. The number of carbonyl (C=O) groups is 2. The molecule has 0 bridgehead atoms. The zero-order chi connectivity index (χ0) is 7.72. The third-order valence-electron chi connectivity index (χ3n) is 1.68. The quantitative estimate of drug-likeness (QED) is 0.421. The van der Waals surface area contributed by atoms with Crippen LogP contribution in [0.25, 0.3) is 0 Å². The fourth-order valence-electron chi connectivity index (χ4n) is 0.884. The molecule has 1 aliphatic rings. The molecular formula is C6H7O4-. The van der Waals surface area contributed by atoms with Crippen LogP contribution in [0, 0.1) is 11.8 Å². The van der Waals surface area contributed by atoms with Gasteiger partial charge in [0.25, 0.3) is 0 Å². The Kier molecular flexibility index (Phi) is 1.61. The molecule has 4 nitrogen and oxygen atoms in total. The molecule has 1 heterocycles. The molecule has 10 heavy (non-hydrogen) atoms. The third-order valence-corrected chi connectivity index (χ3v) is 1.68. The fraction of sp³-hybridized carbons (Fsp3) is 0.667. The fourth-order valence-corrected chi connectivity index (χ4v) is 0.884. The first-order valence-corrected chi connectivity index (χ1v) is 3.00. The Balaban J connectivity index is 2.66. The average molecular weight is 143 g/mol. The Morgan fingerprint density at radius 2 is 2.40 bits per heavy atom. The van der Waals surface area contributed by atoms with Gasteiger partial charge in [0, 0.05) is 11.9 Å². The minimum absolute atomic E-state index is 0.0394. The van der Waals surface area contributed by atoms with E-state index in [1.807, 2.05) is 0 Å². The summed E-state index contributed by atoms with van der Waals surface area (Å²) in [5.41, 5.74) is 0. The third kappa shape index (κ3) is 0.964. The number of esters is 1. The van der Waals surface area contributed by atoms with Crippen LogP contribution in [-0.2, 0) is 14.3 Å². The number of carboxylic acids is 1. The van der Waals surface area contributed by atoms with Gasteiger partial charge in [0.1, 0.15) is 6.61 Å². The lowest BCUT2D eigenvalue weighted by Gasteiger charge is -2.10. The highest BCUT2D eigenvalue weighted by Gasteiger charge is 2.33. The Morgan fingerprint density at radius 1 is 1.80 bits per heavy atom. The van der Waals surface area contributed by atoms with Gasteiger partial charge >= 0.3 is 5.97 Å². The minimum atomic E-state index is -1.21. The average Bonchev–Trinajstić information content (AvgIpc) is 2.14. The molecular weight excluding hydrogens is 136 g/mol. The van der Waals surface area contributed by atoms with Crippen LogP contribution in [0.1, 0.15) is 6.92 Å². The maximum absolute atomic E-state index is 10.6. The Bertz CT molecular complexity index is 175. The number of rotatable bonds is 1. The van der Waals surface area contributed by atoms with Gasteiger partial charge in [-0.1, -0.05) is 6.92 Å². The normalized spacial score (nSPS) is 31.9. The summed E-state index contributed by atoms with van der Waals surface area (Å²) in [6, 6.07) is 0. The van der Waals surface area contributed by atoms with E-state index in [0.717, 1.165) is 0 Å². The molecule has 2 atom stereocenters. The van der Waals surface area contributed by atoms with Gasteiger partial charge in [0.15, 0.2) is 0 Å². The zero-order valence-electron chi connectivity index (χ0n) is 5.49. The lowest BCUT2D eigenvalue weighted by Crippen LogP contribution is -2.35. The number of hydrogen-bond acceptors (Lipinski definition) is 4. The second-order valence-corrected chi connectivity index (χ2v) is 2.34. The van der Waals surface area contributed by atoms with E-state index in [2.05, 4.69) is 4.74 Å². The summed E-state index contributed by atoms with van der Waals surface area (Å²) in [7, 11) is 0. The summed E-state index contributed by atoms with van der Waals surface area (Å²) >= 11 is 0. The first-order chi connectivity index (χ1) is 4.63. The van der Waals surface area contributed by atoms with Gasteiger partial charge in [-0.25, -0.2) is 0 Å². The van der Waals surface area contributed by atoms with Crippen molar-refractivity contribution in [1.29, 1.82) is 0 Å². The molecule has 0 amide bonds. The van der Waals surface area contributed by atoms with Gasteiger partial charge < -0.3 is 14.6 Å². The summed E-state index contributed by atoms with van der Waals surface area (Å²) in [4.78, 5) is 20.8. The molecule has 0 unspecified atom stereocenters. The van der Waals surface area contributed by atoms with Gasteiger partial charge in [-0.05, 0) is 0 Å². The summed E-state index contributed by atoms with van der Waals surface area (Å²) in [6.45, 7) is 1.48. The molecule has 0 aromatic carbocycles. The SMILES string of the molecule is C[C@@H]1C(=O)OC[C@@H]1C(=O)[O-]. The predicted octanol–water partition coefficient (Wildman–Crippen LogP) is -1.45. The van der Waals surface area contributed by atoms with Gasteiger partial charge in [0.05, 0.1) is 5.92 Å². The van der Waals surface area contributed by atoms with Crippen molar-refractivity contribution in [2.75, 3.05) is 6.61 Å². The number of hydrogen-bond donors (Lipinski definition) is 0. The summed E-state index contributed by atoms with van der Waals surface area (Å²) < 4.78 is 4.48. The van der Waals surface area contributed by atoms with E-state index in [1.165, 1.54) is 6.92 Å². The van der Waals surface area contributed by atoms with Crippen LogP contribution >= 0.6 is 0 Å². The molecule has 0 aromatic heterocycles. The van der Waals surface area contributed by atoms with E-state index in [9.17, 15) is 14.7 Å². The van der Waals surface area contributed by atoms with Gasteiger partial charge in [-0.3, -0.25) is 4.79 Å². The molecule has 0 aromatic rings. The van der Waals surface area contributed by atoms with Crippen molar-refractivity contribution in [3.05, 3.63) is 0 Å². The number of carbonyl (C=O) groups excluding carboxylic acids is 2. The van der Waals surface area contributed by atoms with E-state index < -0.39 is 23.8 Å². The molecule has 0 radical (unpaired) electrons. The van der Waals surface area contributed by atoms with Gasteiger partial charge in [-0.2, -0.15) is 0 Å². The minimum Gasteiger partial charge on any atom is -0.550 e. The zero-order valence-corrected chi connectivity index (χ0v) is 5.49. The molecule has 1 aliphatic heterocycles. The first kappa shape index (κ1) is 7.05. The van der Waals surface area contributed by atoms with E-state index in [4.69, 9.17) is 0 Å². The number of carboxylic acid groups (broad SMARTS) is 1. The van der Waals surface area contributed by atoms with Crippen LogP contribution in [0.3, 0.4) is 0 Å². The van der Waals surface area contributed by atoms with E-state index in [-0.39, 0.29) is 6.61 Å². The van der Waals surface area contributed by atoms with E-state index in [1.54, 1.807) is 0 Å². The predicted molar refractivity (Wildman–Crippen MR) is 28.6 cm³/mol. The first-order valence-electron chi connectivity index (χ1n) is 3.00. The second-order valence-electron chi connectivity index (χ2n) is 2.34. The summed E-state index contributed by atoms with van der Waals surface area (Å²) in [5.74, 6) is -2.97. The highest BCUT2D eigenvalue weighted by molar-refractivity contribution is 5.82. The molecule has 0 aliphatic carbocycles. The molecule has 56 valence electrons. The standard InChI is InChI=1S/C6H8O4/c1-3-4(5(7)8)2-10-6(3)9/h3-4H,2H2,1H3,(H,7,8)/p-1/t3-,4-/m0/s1. The monoisotopic (exact) mass is 143 g/mol. The van der Waals surface area contributed by atoms with Crippen molar-refractivity contribution in [2.24, 2.45) is 11.8 Å². The maximum Gasteiger partial charge on any atom is 0.309 e. The second kappa shape index (κ2) is 2.28. The largest absolute Gasteiger partial charge is 0.550 e. The van der Waals surface area contributed by atoms with Crippen molar-refractivity contribution in [1.82, 2.24) is 0 Å².